The summed E-state index contributed by atoms with van der Waals surface area (Å²) in [5, 5.41) is 3.15. The van der Waals surface area contributed by atoms with Gasteiger partial charge in [-0.25, -0.2) is 9.97 Å². The van der Waals surface area contributed by atoms with Crippen molar-refractivity contribution in [2.75, 3.05) is 13.1 Å². The predicted octanol–water partition coefficient (Wildman–Crippen LogP) is 2.27. The number of carbonyl (C=O) groups is 1. The Balaban J connectivity index is 1.36. The minimum Gasteiger partial charge on any atom is -0.348 e. The zero-order valence-corrected chi connectivity index (χ0v) is 14.5. The van der Waals surface area contributed by atoms with Crippen LogP contribution in [0.15, 0.2) is 67.4 Å². The summed E-state index contributed by atoms with van der Waals surface area (Å²) in [6.07, 6.45) is 7.79. The van der Waals surface area contributed by atoms with Gasteiger partial charge in [0.2, 0.25) is 0 Å². The van der Waals surface area contributed by atoms with Crippen molar-refractivity contribution < 1.29 is 4.79 Å². The molecule has 3 aromatic rings. The fourth-order valence-electron chi connectivity index (χ4n) is 3.30. The summed E-state index contributed by atoms with van der Waals surface area (Å²) >= 11 is 0. The van der Waals surface area contributed by atoms with Crippen molar-refractivity contribution in [3.63, 3.8) is 0 Å². The smallest absolute Gasteiger partial charge is 0.251 e. The van der Waals surface area contributed by atoms with Crippen LogP contribution in [-0.4, -0.2) is 44.5 Å². The SMILES string of the molecule is O=C(NC1CCN(Cc2ccccc2)C1)c1ccnc(-n2ccnc2)c1. The molecule has 6 heteroatoms. The number of rotatable bonds is 5. The molecule has 1 aliphatic heterocycles. The summed E-state index contributed by atoms with van der Waals surface area (Å²) in [6.45, 7) is 2.80. The lowest BCUT2D eigenvalue weighted by Crippen LogP contribution is -2.37. The van der Waals surface area contributed by atoms with E-state index in [1.807, 2.05) is 12.3 Å². The van der Waals surface area contributed by atoms with Gasteiger partial charge >= 0.3 is 0 Å². The Morgan fingerprint density at radius 1 is 1.19 bits per heavy atom. The maximum atomic E-state index is 12.6. The number of imidazole rings is 1. The number of nitrogens with one attached hydrogen (secondary N) is 1. The summed E-state index contributed by atoms with van der Waals surface area (Å²) in [6, 6.07) is 14.1. The Hall–Kier alpha value is -2.99. The second-order valence-corrected chi connectivity index (χ2v) is 6.55. The van der Waals surface area contributed by atoms with Crippen LogP contribution in [0.2, 0.25) is 0 Å². The number of benzene rings is 1. The molecule has 1 N–H and O–H groups in total. The van der Waals surface area contributed by atoms with Gasteiger partial charge in [0.25, 0.3) is 5.91 Å². The van der Waals surface area contributed by atoms with Crippen molar-refractivity contribution in [2.45, 2.75) is 19.0 Å². The van der Waals surface area contributed by atoms with Gasteiger partial charge in [-0.2, -0.15) is 0 Å². The monoisotopic (exact) mass is 347 g/mol. The molecular formula is C20H21N5O. The lowest BCUT2D eigenvalue weighted by Gasteiger charge is -2.17. The van der Waals surface area contributed by atoms with Gasteiger partial charge in [-0.1, -0.05) is 30.3 Å². The molecule has 1 unspecified atom stereocenters. The van der Waals surface area contributed by atoms with Crippen molar-refractivity contribution >= 4 is 5.91 Å². The number of hydrogen-bond donors (Lipinski definition) is 1. The van der Waals surface area contributed by atoms with Crippen LogP contribution in [0.5, 0.6) is 0 Å². The van der Waals surface area contributed by atoms with E-state index in [1.54, 1.807) is 35.4 Å². The maximum absolute atomic E-state index is 12.6. The molecule has 6 nitrogen and oxygen atoms in total. The molecule has 1 aliphatic rings. The minimum atomic E-state index is -0.0553. The Bertz CT molecular complexity index is 863. The van der Waals surface area contributed by atoms with Crippen molar-refractivity contribution in [1.82, 2.24) is 24.8 Å². The second-order valence-electron chi connectivity index (χ2n) is 6.55. The van der Waals surface area contributed by atoms with Crippen LogP contribution >= 0.6 is 0 Å². The van der Waals surface area contributed by atoms with E-state index in [9.17, 15) is 4.79 Å². The fraction of sp³-hybridized carbons (Fsp3) is 0.250. The maximum Gasteiger partial charge on any atom is 0.251 e. The van der Waals surface area contributed by atoms with Gasteiger partial charge in [-0.3, -0.25) is 14.3 Å². The van der Waals surface area contributed by atoms with Crippen LogP contribution in [0.4, 0.5) is 0 Å². The number of nitrogens with zero attached hydrogens (tertiary/aromatic N) is 4. The van der Waals surface area contributed by atoms with Gasteiger partial charge in [0.15, 0.2) is 0 Å². The summed E-state index contributed by atoms with van der Waals surface area (Å²) in [7, 11) is 0. The van der Waals surface area contributed by atoms with E-state index < -0.39 is 0 Å². The van der Waals surface area contributed by atoms with E-state index in [2.05, 4.69) is 44.5 Å². The molecule has 0 bridgehead atoms. The zero-order valence-electron chi connectivity index (χ0n) is 14.5. The first kappa shape index (κ1) is 16.5. The number of aromatic nitrogens is 3. The number of amides is 1. The van der Waals surface area contributed by atoms with E-state index in [0.29, 0.717) is 11.4 Å². The first-order valence-electron chi connectivity index (χ1n) is 8.79. The molecule has 2 aromatic heterocycles. The molecule has 1 amide bonds. The van der Waals surface area contributed by atoms with E-state index >= 15 is 0 Å². The summed E-state index contributed by atoms with van der Waals surface area (Å²) in [5.74, 6) is 0.632. The molecular weight excluding hydrogens is 326 g/mol. The normalized spacial score (nSPS) is 17.3. The average molecular weight is 347 g/mol. The molecule has 1 fully saturated rings. The van der Waals surface area contributed by atoms with E-state index in [0.717, 1.165) is 26.1 Å². The highest BCUT2D eigenvalue weighted by atomic mass is 16.1. The summed E-state index contributed by atoms with van der Waals surface area (Å²) in [4.78, 5) is 23.3. The van der Waals surface area contributed by atoms with Gasteiger partial charge in [0.1, 0.15) is 12.1 Å². The third kappa shape index (κ3) is 3.81. The van der Waals surface area contributed by atoms with Crippen LogP contribution in [0.25, 0.3) is 5.82 Å². The largest absolute Gasteiger partial charge is 0.348 e. The van der Waals surface area contributed by atoms with Crippen LogP contribution in [-0.2, 0) is 6.54 Å². The van der Waals surface area contributed by atoms with E-state index in [1.165, 1.54) is 5.56 Å². The van der Waals surface area contributed by atoms with Gasteiger partial charge in [0, 0.05) is 49.8 Å². The van der Waals surface area contributed by atoms with Crippen molar-refractivity contribution in [2.24, 2.45) is 0 Å². The molecule has 3 heterocycles. The first-order chi connectivity index (χ1) is 12.8. The Morgan fingerprint density at radius 3 is 2.88 bits per heavy atom. The highest BCUT2D eigenvalue weighted by Gasteiger charge is 2.24. The lowest BCUT2D eigenvalue weighted by molar-refractivity contribution is 0.0937. The van der Waals surface area contributed by atoms with Gasteiger partial charge in [0.05, 0.1) is 0 Å². The molecule has 0 aliphatic carbocycles. The summed E-state index contributed by atoms with van der Waals surface area (Å²) in [5.41, 5.74) is 1.92. The molecule has 0 radical (unpaired) electrons. The third-order valence-electron chi connectivity index (χ3n) is 4.63. The number of hydrogen-bond acceptors (Lipinski definition) is 4. The van der Waals surface area contributed by atoms with Crippen molar-refractivity contribution in [3.05, 3.63) is 78.5 Å². The van der Waals surface area contributed by atoms with Crippen LogP contribution in [0.1, 0.15) is 22.3 Å². The Labute approximate surface area is 152 Å². The fourth-order valence-corrected chi connectivity index (χ4v) is 3.30. The van der Waals surface area contributed by atoms with Gasteiger partial charge < -0.3 is 5.32 Å². The third-order valence-corrected chi connectivity index (χ3v) is 4.63. The number of likely N-dealkylation sites (tertiary alicyclic amines) is 1. The first-order valence-corrected chi connectivity index (χ1v) is 8.79. The number of pyridine rings is 1. The zero-order chi connectivity index (χ0) is 17.8. The van der Waals surface area contributed by atoms with Crippen LogP contribution in [0, 0.1) is 0 Å². The average Bonchev–Trinajstić information content (AvgIpc) is 3.35. The van der Waals surface area contributed by atoms with E-state index in [4.69, 9.17) is 0 Å². The second kappa shape index (κ2) is 7.49. The summed E-state index contributed by atoms with van der Waals surface area (Å²) < 4.78 is 1.79. The Morgan fingerprint density at radius 2 is 2.08 bits per heavy atom. The molecule has 26 heavy (non-hydrogen) atoms. The van der Waals surface area contributed by atoms with Gasteiger partial charge in [-0.05, 0) is 24.1 Å². The standard InChI is InChI=1S/C20H21N5O/c26-20(17-6-8-22-19(12-17)25-11-9-21-15-25)23-18-7-10-24(14-18)13-16-4-2-1-3-5-16/h1-6,8-9,11-12,15,18H,7,10,13-14H2,(H,23,26). The number of carbonyl (C=O) groups excluding carboxylic acids is 1. The quantitative estimate of drug-likeness (QED) is 0.769. The van der Waals surface area contributed by atoms with Crippen LogP contribution in [0.3, 0.4) is 0 Å². The molecule has 0 spiro atoms. The predicted molar refractivity (Wildman–Crippen MR) is 98.9 cm³/mol. The van der Waals surface area contributed by atoms with Gasteiger partial charge in [-0.15, -0.1) is 0 Å². The molecule has 1 atom stereocenters. The molecule has 1 saturated heterocycles. The lowest BCUT2D eigenvalue weighted by atomic mass is 10.2. The van der Waals surface area contributed by atoms with Crippen molar-refractivity contribution in [3.8, 4) is 5.82 Å². The minimum absolute atomic E-state index is 0.0553. The highest BCUT2D eigenvalue weighted by Crippen LogP contribution is 2.14. The molecule has 132 valence electrons. The van der Waals surface area contributed by atoms with Crippen LogP contribution < -0.4 is 5.32 Å². The van der Waals surface area contributed by atoms with Crippen molar-refractivity contribution in [1.29, 1.82) is 0 Å². The highest BCUT2D eigenvalue weighted by molar-refractivity contribution is 5.94. The molecule has 1 aromatic carbocycles. The molecule has 4 rings (SSSR count). The van der Waals surface area contributed by atoms with E-state index in [-0.39, 0.29) is 11.9 Å². The molecule has 0 saturated carbocycles. The topological polar surface area (TPSA) is 63.1 Å². The Kier molecular flexibility index (Phi) is 4.75.